The molecule has 146 valence electrons. The maximum absolute atomic E-state index is 12.4. The van der Waals surface area contributed by atoms with Crippen LogP contribution in [-0.2, 0) is 14.6 Å². The molecule has 1 aromatic rings. The second kappa shape index (κ2) is 9.51. The lowest BCUT2D eigenvalue weighted by molar-refractivity contribution is -0.123. The molecule has 0 aliphatic heterocycles. The van der Waals surface area contributed by atoms with Crippen molar-refractivity contribution in [1.29, 1.82) is 0 Å². The first-order chi connectivity index (χ1) is 12.3. The summed E-state index contributed by atoms with van der Waals surface area (Å²) in [5, 5.41) is 3.19. The van der Waals surface area contributed by atoms with Crippen LogP contribution in [-0.4, -0.2) is 45.1 Å². The smallest absolute Gasteiger partial charge is 0.234 e. The van der Waals surface area contributed by atoms with Crippen LogP contribution in [0.5, 0.6) is 0 Å². The number of likely N-dealkylation sites (N-methyl/N-ethyl adjacent to an activating group) is 1. The highest BCUT2D eigenvalue weighted by Gasteiger charge is 2.18. The fraction of sp³-hybridized carbons (Fsp3) is 0.650. The van der Waals surface area contributed by atoms with Crippen molar-refractivity contribution in [3.05, 3.63) is 29.8 Å². The summed E-state index contributed by atoms with van der Waals surface area (Å²) in [6.07, 6.45) is 9.62. The van der Waals surface area contributed by atoms with Gasteiger partial charge in [-0.25, -0.2) is 8.42 Å². The van der Waals surface area contributed by atoms with E-state index in [-0.39, 0.29) is 11.9 Å². The Labute approximate surface area is 158 Å². The van der Waals surface area contributed by atoms with Crippen LogP contribution in [0.4, 0.5) is 0 Å². The monoisotopic (exact) mass is 380 g/mol. The summed E-state index contributed by atoms with van der Waals surface area (Å²) >= 11 is 0. The molecule has 0 heterocycles. The van der Waals surface area contributed by atoms with Crippen LogP contribution in [0.15, 0.2) is 29.2 Å². The van der Waals surface area contributed by atoms with Gasteiger partial charge in [-0.2, -0.15) is 0 Å². The molecule has 0 radical (unpaired) electrons. The third-order valence-electron chi connectivity index (χ3n) is 5.32. The number of nitrogens with zero attached hydrogens (tertiary/aromatic N) is 1. The van der Waals surface area contributed by atoms with Gasteiger partial charge in [0.15, 0.2) is 9.84 Å². The van der Waals surface area contributed by atoms with Gasteiger partial charge in [0.1, 0.15) is 0 Å². The SMILES string of the molecule is CC(c1ccc(S(C)(=O)=O)cc1)N(C)CC(=O)NC1CCCCCCC1. The highest BCUT2D eigenvalue weighted by Crippen LogP contribution is 2.21. The number of benzene rings is 1. The molecule has 0 saturated heterocycles. The average Bonchev–Trinajstić information content (AvgIpc) is 2.55. The van der Waals surface area contributed by atoms with Crippen LogP contribution >= 0.6 is 0 Å². The number of hydrogen-bond donors (Lipinski definition) is 1. The number of sulfone groups is 1. The Bertz CT molecular complexity index is 678. The van der Waals surface area contributed by atoms with Gasteiger partial charge in [-0.1, -0.05) is 44.2 Å². The molecule has 2 rings (SSSR count). The van der Waals surface area contributed by atoms with Gasteiger partial charge in [-0.3, -0.25) is 9.69 Å². The summed E-state index contributed by atoms with van der Waals surface area (Å²) in [4.78, 5) is 14.7. The summed E-state index contributed by atoms with van der Waals surface area (Å²) in [5.74, 6) is 0.0673. The lowest BCUT2D eigenvalue weighted by Gasteiger charge is -2.27. The molecule has 1 atom stereocenters. The molecule has 6 heteroatoms. The molecular weight excluding hydrogens is 348 g/mol. The topological polar surface area (TPSA) is 66.5 Å². The van der Waals surface area contributed by atoms with Crippen LogP contribution in [0.2, 0.25) is 0 Å². The van der Waals surface area contributed by atoms with E-state index in [0.717, 1.165) is 18.4 Å². The largest absolute Gasteiger partial charge is 0.352 e. The standard InChI is InChI=1S/C20H32N2O3S/c1-16(17-11-13-19(14-12-17)26(3,24)25)22(2)15-20(23)21-18-9-7-5-4-6-8-10-18/h11-14,16,18H,4-10,15H2,1-3H3,(H,21,23). The van der Waals surface area contributed by atoms with Gasteiger partial charge >= 0.3 is 0 Å². The van der Waals surface area contributed by atoms with E-state index in [1.54, 1.807) is 12.1 Å². The second-order valence-electron chi connectivity index (χ2n) is 7.54. The van der Waals surface area contributed by atoms with E-state index >= 15 is 0 Å². The number of amides is 1. The maximum atomic E-state index is 12.4. The van der Waals surface area contributed by atoms with Crippen LogP contribution in [0, 0.1) is 0 Å². The van der Waals surface area contributed by atoms with Gasteiger partial charge in [-0.15, -0.1) is 0 Å². The van der Waals surface area contributed by atoms with Gasteiger partial charge in [0.2, 0.25) is 5.91 Å². The van der Waals surface area contributed by atoms with Gasteiger partial charge < -0.3 is 5.32 Å². The Kier molecular flexibility index (Phi) is 7.65. The fourth-order valence-electron chi connectivity index (χ4n) is 3.49. The summed E-state index contributed by atoms with van der Waals surface area (Å²) in [5.41, 5.74) is 0.999. The molecule has 1 aliphatic rings. The molecule has 26 heavy (non-hydrogen) atoms. The second-order valence-corrected chi connectivity index (χ2v) is 9.56. The van der Waals surface area contributed by atoms with Crippen molar-refractivity contribution in [3.8, 4) is 0 Å². The fourth-order valence-corrected chi connectivity index (χ4v) is 4.12. The maximum Gasteiger partial charge on any atom is 0.234 e. The van der Waals surface area contributed by atoms with Crippen LogP contribution in [0.3, 0.4) is 0 Å². The minimum Gasteiger partial charge on any atom is -0.352 e. The predicted molar refractivity (Wildman–Crippen MR) is 105 cm³/mol. The third kappa shape index (κ3) is 6.40. The summed E-state index contributed by atoms with van der Waals surface area (Å²) in [6, 6.07) is 7.24. The van der Waals surface area contributed by atoms with E-state index in [1.807, 2.05) is 31.0 Å². The lowest BCUT2D eigenvalue weighted by Crippen LogP contribution is -2.41. The predicted octanol–water partition coefficient (Wildman–Crippen LogP) is 3.31. The van der Waals surface area contributed by atoms with Crippen molar-refractivity contribution in [1.82, 2.24) is 10.2 Å². The molecule has 1 fully saturated rings. The van der Waals surface area contributed by atoms with E-state index in [4.69, 9.17) is 0 Å². The van der Waals surface area contributed by atoms with Gasteiger partial charge in [0.25, 0.3) is 0 Å². The Balaban J connectivity index is 1.89. The third-order valence-corrected chi connectivity index (χ3v) is 6.44. The molecule has 1 saturated carbocycles. The molecule has 0 aromatic heterocycles. The van der Waals surface area contributed by atoms with E-state index < -0.39 is 9.84 Å². The number of carbonyl (C=O) groups excluding carboxylic acids is 1. The van der Waals surface area contributed by atoms with Crippen molar-refractivity contribution >= 4 is 15.7 Å². The van der Waals surface area contributed by atoms with Gasteiger partial charge in [0.05, 0.1) is 11.4 Å². The highest BCUT2D eigenvalue weighted by molar-refractivity contribution is 7.90. The normalized spacial score (nSPS) is 18.2. The molecule has 1 unspecified atom stereocenters. The summed E-state index contributed by atoms with van der Waals surface area (Å²) in [6.45, 7) is 2.37. The molecule has 5 nitrogen and oxygen atoms in total. The van der Waals surface area contributed by atoms with E-state index in [0.29, 0.717) is 17.5 Å². The molecular formula is C20H32N2O3S. The van der Waals surface area contributed by atoms with Crippen molar-refractivity contribution < 1.29 is 13.2 Å². The molecule has 1 amide bonds. The molecule has 1 N–H and O–H groups in total. The Hall–Kier alpha value is -1.40. The summed E-state index contributed by atoms with van der Waals surface area (Å²) < 4.78 is 23.1. The first kappa shape index (κ1) is 20.9. The number of carbonyl (C=O) groups is 1. The zero-order chi connectivity index (χ0) is 19.2. The van der Waals surface area contributed by atoms with Crippen LogP contribution in [0.1, 0.15) is 63.5 Å². The molecule has 0 bridgehead atoms. The Morgan fingerprint density at radius 1 is 1.12 bits per heavy atom. The van der Waals surface area contributed by atoms with E-state index in [2.05, 4.69) is 5.32 Å². The number of hydrogen-bond acceptors (Lipinski definition) is 4. The minimum atomic E-state index is -3.18. The quantitative estimate of drug-likeness (QED) is 0.822. The lowest BCUT2D eigenvalue weighted by atomic mass is 9.97. The first-order valence-electron chi connectivity index (χ1n) is 9.57. The Morgan fingerprint density at radius 2 is 1.65 bits per heavy atom. The zero-order valence-electron chi connectivity index (χ0n) is 16.2. The molecule has 1 aromatic carbocycles. The van der Waals surface area contributed by atoms with Crippen molar-refractivity contribution in [3.63, 3.8) is 0 Å². The highest BCUT2D eigenvalue weighted by atomic mass is 32.2. The summed E-state index contributed by atoms with van der Waals surface area (Å²) in [7, 11) is -1.26. The van der Waals surface area contributed by atoms with Crippen LogP contribution < -0.4 is 5.32 Å². The van der Waals surface area contributed by atoms with Gasteiger partial charge in [-0.05, 0) is 44.5 Å². The van der Waals surface area contributed by atoms with Crippen LogP contribution in [0.25, 0.3) is 0 Å². The number of nitrogens with one attached hydrogen (secondary N) is 1. The molecule has 0 spiro atoms. The number of rotatable bonds is 6. The first-order valence-corrected chi connectivity index (χ1v) is 11.5. The zero-order valence-corrected chi connectivity index (χ0v) is 17.0. The van der Waals surface area contributed by atoms with Crippen molar-refractivity contribution in [2.75, 3.05) is 19.8 Å². The molecule has 1 aliphatic carbocycles. The minimum absolute atomic E-state index is 0.0340. The van der Waals surface area contributed by atoms with E-state index in [1.165, 1.54) is 38.4 Å². The van der Waals surface area contributed by atoms with Crippen molar-refractivity contribution in [2.24, 2.45) is 0 Å². The average molecular weight is 381 g/mol. The van der Waals surface area contributed by atoms with E-state index in [9.17, 15) is 13.2 Å². The Morgan fingerprint density at radius 3 is 2.19 bits per heavy atom. The van der Waals surface area contributed by atoms with Crippen molar-refractivity contribution in [2.45, 2.75) is 68.8 Å². The van der Waals surface area contributed by atoms with Gasteiger partial charge in [0, 0.05) is 18.3 Å².